The van der Waals surface area contributed by atoms with Crippen molar-refractivity contribution in [3.63, 3.8) is 0 Å². The van der Waals surface area contributed by atoms with Gasteiger partial charge in [-0.1, -0.05) is 13.8 Å². The quantitative estimate of drug-likeness (QED) is 0.570. The average Bonchev–Trinajstić information content (AvgIpc) is 2.34. The minimum absolute atomic E-state index is 0.00888. The largest absolute Gasteiger partial charge is 0.385 e. The molecule has 1 unspecified atom stereocenters. The summed E-state index contributed by atoms with van der Waals surface area (Å²) in [4.78, 5) is 11.7. The summed E-state index contributed by atoms with van der Waals surface area (Å²) in [5, 5.41) is 6.06. The maximum absolute atomic E-state index is 11.7. The molecule has 108 valence electrons. The lowest BCUT2D eigenvalue weighted by Crippen LogP contribution is -2.46. The average molecular weight is 260 g/mol. The molecule has 5 nitrogen and oxygen atoms in total. The lowest BCUT2D eigenvalue weighted by Gasteiger charge is -2.26. The Morgan fingerprint density at radius 3 is 2.39 bits per heavy atom. The highest BCUT2D eigenvalue weighted by molar-refractivity contribution is 5.81. The Balaban J connectivity index is 3.86. The Bertz CT molecular complexity index is 232. The maximum atomic E-state index is 11.7. The molecule has 0 aliphatic heterocycles. The Labute approximate surface area is 111 Å². The summed E-state index contributed by atoms with van der Waals surface area (Å²) in [6.45, 7) is 8.81. The zero-order chi connectivity index (χ0) is 14.0. The van der Waals surface area contributed by atoms with E-state index in [-0.39, 0.29) is 17.4 Å². The summed E-state index contributed by atoms with van der Waals surface area (Å²) in [5.74, 6) is 0.00888. The van der Waals surface area contributed by atoms with Crippen molar-refractivity contribution in [1.29, 1.82) is 0 Å². The number of hydrogen-bond donors (Lipinski definition) is 2. The van der Waals surface area contributed by atoms with Crippen LogP contribution >= 0.6 is 0 Å². The molecule has 0 aromatic rings. The van der Waals surface area contributed by atoms with Crippen LogP contribution in [-0.4, -0.2) is 52.5 Å². The van der Waals surface area contributed by atoms with Crippen molar-refractivity contribution in [3.05, 3.63) is 0 Å². The topological polar surface area (TPSA) is 59.6 Å². The number of rotatable bonds is 10. The van der Waals surface area contributed by atoms with Crippen LogP contribution in [0, 0.1) is 5.41 Å². The van der Waals surface area contributed by atoms with Crippen molar-refractivity contribution in [2.75, 3.05) is 40.5 Å². The van der Waals surface area contributed by atoms with E-state index in [4.69, 9.17) is 9.47 Å². The second-order valence-electron chi connectivity index (χ2n) is 5.29. The fraction of sp³-hybridized carbons (Fsp3) is 0.923. The molecule has 18 heavy (non-hydrogen) atoms. The predicted molar refractivity (Wildman–Crippen MR) is 72.6 cm³/mol. The molecule has 0 aromatic carbocycles. The van der Waals surface area contributed by atoms with Crippen LogP contribution in [0.15, 0.2) is 0 Å². The van der Waals surface area contributed by atoms with Crippen LogP contribution in [0.25, 0.3) is 0 Å². The number of carbonyl (C=O) groups excluding carboxylic acids is 1. The van der Waals surface area contributed by atoms with Gasteiger partial charge in [-0.2, -0.15) is 0 Å². The first-order valence-corrected chi connectivity index (χ1v) is 6.42. The second kappa shape index (κ2) is 9.30. The summed E-state index contributed by atoms with van der Waals surface area (Å²) < 4.78 is 9.96. The molecule has 0 aromatic heterocycles. The van der Waals surface area contributed by atoms with Gasteiger partial charge in [0.2, 0.25) is 5.91 Å². The Hall–Kier alpha value is -0.650. The number of hydrogen-bond acceptors (Lipinski definition) is 4. The first-order valence-electron chi connectivity index (χ1n) is 6.42. The molecule has 0 radical (unpaired) electrons. The molecule has 0 saturated heterocycles. The van der Waals surface area contributed by atoms with Crippen LogP contribution < -0.4 is 10.6 Å². The van der Waals surface area contributed by atoms with E-state index in [1.54, 1.807) is 14.2 Å². The van der Waals surface area contributed by atoms with E-state index in [0.717, 1.165) is 19.6 Å². The SMILES string of the molecule is COCCNC(=O)C(C)NCC(C)(C)CCOC. The van der Waals surface area contributed by atoms with Gasteiger partial charge in [0.05, 0.1) is 12.6 Å². The summed E-state index contributed by atoms with van der Waals surface area (Å²) in [6.07, 6.45) is 0.967. The monoisotopic (exact) mass is 260 g/mol. The van der Waals surface area contributed by atoms with Gasteiger partial charge in [0.1, 0.15) is 0 Å². The number of amides is 1. The molecule has 5 heteroatoms. The molecule has 0 aliphatic rings. The third kappa shape index (κ3) is 8.44. The summed E-state index contributed by atoms with van der Waals surface area (Å²) in [7, 11) is 3.32. The molecular weight excluding hydrogens is 232 g/mol. The van der Waals surface area contributed by atoms with Crippen molar-refractivity contribution in [1.82, 2.24) is 10.6 Å². The molecule has 0 spiro atoms. The minimum Gasteiger partial charge on any atom is -0.385 e. The van der Waals surface area contributed by atoms with E-state index >= 15 is 0 Å². The molecule has 0 aliphatic carbocycles. The molecular formula is C13H28N2O3. The van der Waals surface area contributed by atoms with Gasteiger partial charge in [-0.15, -0.1) is 0 Å². The van der Waals surface area contributed by atoms with Crippen molar-refractivity contribution < 1.29 is 14.3 Å². The lowest BCUT2D eigenvalue weighted by atomic mass is 9.89. The molecule has 2 N–H and O–H groups in total. The van der Waals surface area contributed by atoms with Gasteiger partial charge in [-0.3, -0.25) is 4.79 Å². The lowest BCUT2D eigenvalue weighted by molar-refractivity contribution is -0.123. The first kappa shape index (κ1) is 17.4. The third-order valence-corrected chi connectivity index (χ3v) is 2.87. The number of carbonyl (C=O) groups is 1. The number of ether oxygens (including phenoxy) is 2. The van der Waals surface area contributed by atoms with Crippen molar-refractivity contribution in [2.45, 2.75) is 33.2 Å². The highest BCUT2D eigenvalue weighted by Crippen LogP contribution is 2.18. The predicted octanol–water partition coefficient (Wildman–Crippen LogP) is 0.790. The van der Waals surface area contributed by atoms with Gasteiger partial charge in [-0.05, 0) is 18.8 Å². The van der Waals surface area contributed by atoms with Crippen LogP contribution in [0.5, 0.6) is 0 Å². The van der Waals surface area contributed by atoms with Crippen LogP contribution in [0.1, 0.15) is 27.2 Å². The molecule has 1 atom stereocenters. The zero-order valence-corrected chi connectivity index (χ0v) is 12.3. The molecule has 0 fully saturated rings. The van der Waals surface area contributed by atoms with Crippen molar-refractivity contribution in [3.8, 4) is 0 Å². The molecule has 0 rings (SSSR count). The van der Waals surface area contributed by atoms with E-state index in [1.807, 2.05) is 6.92 Å². The van der Waals surface area contributed by atoms with Gasteiger partial charge in [0.25, 0.3) is 0 Å². The third-order valence-electron chi connectivity index (χ3n) is 2.87. The molecule has 0 saturated carbocycles. The van der Waals surface area contributed by atoms with E-state index in [2.05, 4.69) is 24.5 Å². The maximum Gasteiger partial charge on any atom is 0.236 e. The van der Waals surface area contributed by atoms with Gasteiger partial charge in [0.15, 0.2) is 0 Å². The van der Waals surface area contributed by atoms with Gasteiger partial charge in [-0.25, -0.2) is 0 Å². The van der Waals surface area contributed by atoms with Crippen molar-refractivity contribution >= 4 is 5.91 Å². The normalized spacial score (nSPS) is 13.4. The summed E-state index contributed by atoms with van der Waals surface area (Å²) in [6, 6.07) is -0.191. The van der Waals surface area contributed by atoms with E-state index in [9.17, 15) is 4.79 Å². The van der Waals surface area contributed by atoms with Crippen LogP contribution in [-0.2, 0) is 14.3 Å². The Morgan fingerprint density at radius 2 is 1.83 bits per heavy atom. The fourth-order valence-corrected chi connectivity index (χ4v) is 1.42. The first-order chi connectivity index (χ1) is 8.43. The number of methoxy groups -OCH3 is 2. The van der Waals surface area contributed by atoms with E-state index < -0.39 is 0 Å². The number of nitrogens with one attached hydrogen (secondary N) is 2. The highest BCUT2D eigenvalue weighted by Gasteiger charge is 2.20. The van der Waals surface area contributed by atoms with Crippen LogP contribution in [0.2, 0.25) is 0 Å². The van der Waals surface area contributed by atoms with Crippen molar-refractivity contribution in [2.24, 2.45) is 5.41 Å². The second-order valence-corrected chi connectivity index (χ2v) is 5.29. The Kier molecular flexibility index (Phi) is 8.97. The van der Waals surface area contributed by atoms with Crippen LogP contribution in [0.3, 0.4) is 0 Å². The van der Waals surface area contributed by atoms with E-state index in [1.165, 1.54) is 0 Å². The molecule has 0 heterocycles. The van der Waals surface area contributed by atoms with Crippen LogP contribution in [0.4, 0.5) is 0 Å². The Morgan fingerprint density at radius 1 is 1.22 bits per heavy atom. The van der Waals surface area contributed by atoms with Gasteiger partial charge in [0, 0.05) is 33.9 Å². The molecule has 1 amide bonds. The fourth-order valence-electron chi connectivity index (χ4n) is 1.42. The molecule has 0 bridgehead atoms. The standard InChI is InChI=1S/C13H28N2O3/c1-11(12(16)14-7-9-18-5)15-10-13(2,3)6-8-17-4/h11,15H,6-10H2,1-5H3,(H,14,16). The summed E-state index contributed by atoms with van der Waals surface area (Å²) >= 11 is 0. The summed E-state index contributed by atoms with van der Waals surface area (Å²) in [5.41, 5.74) is 0.122. The smallest absolute Gasteiger partial charge is 0.236 e. The van der Waals surface area contributed by atoms with Gasteiger partial charge >= 0.3 is 0 Å². The van der Waals surface area contributed by atoms with Gasteiger partial charge < -0.3 is 20.1 Å². The minimum atomic E-state index is -0.191. The zero-order valence-electron chi connectivity index (χ0n) is 12.3. The van der Waals surface area contributed by atoms with E-state index in [0.29, 0.717) is 13.2 Å². The highest BCUT2D eigenvalue weighted by atomic mass is 16.5.